The van der Waals surface area contributed by atoms with Crippen LogP contribution in [-0.4, -0.2) is 17.4 Å². The molecule has 0 fully saturated rings. The monoisotopic (exact) mass is 406 g/mol. The topological polar surface area (TPSA) is 44.9 Å². The molecule has 0 spiro atoms. The Morgan fingerprint density at radius 3 is 2.71 bits per heavy atom. The summed E-state index contributed by atoms with van der Waals surface area (Å²) in [4.78, 5) is 16.7. The van der Waals surface area contributed by atoms with Gasteiger partial charge in [0.1, 0.15) is 0 Å². The van der Waals surface area contributed by atoms with Crippen LogP contribution in [0.4, 0.5) is 0 Å². The van der Waals surface area contributed by atoms with Crippen LogP contribution in [-0.2, 0) is 4.79 Å². The number of aromatic nitrogens is 1. The van der Waals surface area contributed by atoms with E-state index in [1.807, 2.05) is 72.3 Å². The second-order valence-electron chi connectivity index (χ2n) is 6.46. The van der Waals surface area contributed by atoms with Crippen LogP contribution in [0.5, 0.6) is 0 Å². The molecule has 1 unspecified atom stereocenters. The van der Waals surface area contributed by atoms with E-state index in [1.54, 1.807) is 17.4 Å². The van der Waals surface area contributed by atoms with Gasteiger partial charge < -0.3 is 10.3 Å². The first kappa shape index (κ1) is 18.5. The van der Waals surface area contributed by atoms with Crippen molar-refractivity contribution in [3.05, 3.63) is 99.3 Å². The summed E-state index contributed by atoms with van der Waals surface area (Å²) in [6.45, 7) is 0.458. The molecule has 2 aromatic carbocycles. The molecule has 0 aliphatic heterocycles. The summed E-state index contributed by atoms with van der Waals surface area (Å²) in [6, 6.07) is 19.9. The van der Waals surface area contributed by atoms with Gasteiger partial charge in [-0.15, -0.1) is 11.3 Å². The van der Waals surface area contributed by atoms with Crippen LogP contribution in [0, 0.1) is 0 Å². The zero-order valence-corrected chi connectivity index (χ0v) is 16.6. The van der Waals surface area contributed by atoms with Crippen molar-refractivity contribution in [1.29, 1.82) is 0 Å². The zero-order valence-electron chi connectivity index (χ0n) is 15.1. The third-order valence-corrected chi connectivity index (χ3v) is 5.88. The van der Waals surface area contributed by atoms with Crippen molar-refractivity contribution in [1.82, 2.24) is 10.3 Å². The Bertz CT molecular complexity index is 1110. The molecular formula is C23H19ClN2OS. The van der Waals surface area contributed by atoms with Crippen molar-refractivity contribution in [2.24, 2.45) is 0 Å². The van der Waals surface area contributed by atoms with E-state index in [4.69, 9.17) is 11.6 Å². The van der Waals surface area contributed by atoms with E-state index >= 15 is 0 Å². The van der Waals surface area contributed by atoms with E-state index in [0.29, 0.717) is 11.6 Å². The van der Waals surface area contributed by atoms with Crippen LogP contribution < -0.4 is 5.32 Å². The number of fused-ring (bicyclic) bond motifs is 1. The molecule has 0 saturated heterocycles. The molecule has 0 radical (unpaired) electrons. The number of carbonyl (C=O) groups is 1. The van der Waals surface area contributed by atoms with E-state index in [1.165, 1.54) is 0 Å². The first-order valence-corrected chi connectivity index (χ1v) is 10.3. The number of para-hydroxylation sites is 1. The number of aromatic amines is 1. The van der Waals surface area contributed by atoms with Gasteiger partial charge in [-0.05, 0) is 40.8 Å². The molecule has 0 saturated carbocycles. The van der Waals surface area contributed by atoms with Gasteiger partial charge >= 0.3 is 0 Å². The van der Waals surface area contributed by atoms with E-state index in [0.717, 1.165) is 26.9 Å². The molecule has 28 heavy (non-hydrogen) atoms. The number of amides is 1. The second kappa shape index (κ2) is 8.46. The number of thiophene rings is 1. The second-order valence-corrected chi connectivity index (χ2v) is 7.84. The Hall–Kier alpha value is -2.82. The van der Waals surface area contributed by atoms with E-state index < -0.39 is 0 Å². The van der Waals surface area contributed by atoms with Crippen molar-refractivity contribution in [2.75, 3.05) is 6.54 Å². The number of rotatable bonds is 6. The predicted molar refractivity (Wildman–Crippen MR) is 118 cm³/mol. The molecule has 0 aliphatic rings. The molecule has 2 heterocycles. The van der Waals surface area contributed by atoms with Gasteiger partial charge in [-0.3, -0.25) is 4.79 Å². The molecular weight excluding hydrogens is 388 g/mol. The number of H-pyrrole nitrogens is 1. The van der Waals surface area contributed by atoms with Crippen LogP contribution in [0.3, 0.4) is 0 Å². The van der Waals surface area contributed by atoms with Crippen LogP contribution in [0.15, 0.2) is 78.3 Å². The quantitative estimate of drug-likeness (QED) is 0.388. The molecule has 2 N–H and O–H groups in total. The first-order valence-electron chi connectivity index (χ1n) is 9.02. The van der Waals surface area contributed by atoms with Gasteiger partial charge in [0.15, 0.2) is 0 Å². The summed E-state index contributed by atoms with van der Waals surface area (Å²) in [7, 11) is 0. The maximum Gasteiger partial charge on any atom is 0.244 e. The summed E-state index contributed by atoms with van der Waals surface area (Å²) in [5, 5.41) is 6.85. The van der Waals surface area contributed by atoms with Gasteiger partial charge in [-0.2, -0.15) is 0 Å². The Labute approximate surface area is 172 Å². The SMILES string of the molecule is O=C(C=Cc1cccs1)NCC(c1ccccc1Cl)c1c[nH]c2ccccc12. The predicted octanol–water partition coefficient (Wildman–Crippen LogP) is 5.84. The van der Waals surface area contributed by atoms with Gasteiger partial charge in [0.05, 0.1) is 0 Å². The minimum Gasteiger partial charge on any atom is -0.361 e. The van der Waals surface area contributed by atoms with Crippen LogP contribution in [0.1, 0.15) is 21.9 Å². The largest absolute Gasteiger partial charge is 0.361 e. The lowest BCUT2D eigenvalue weighted by molar-refractivity contribution is -0.116. The Balaban J connectivity index is 1.61. The summed E-state index contributed by atoms with van der Waals surface area (Å²) >= 11 is 8.09. The molecule has 140 valence electrons. The fourth-order valence-corrected chi connectivity index (χ4v) is 4.22. The van der Waals surface area contributed by atoms with E-state index in [9.17, 15) is 4.79 Å². The summed E-state index contributed by atoms with van der Waals surface area (Å²) in [5.74, 6) is -0.172. The number of halogens is 1. The molecule has 1 atom stereocenters. The Morgan fingerprint density at radius 2 is 1.89 bits per heavy atom. The highest BCUT2D eigenvalue weighted by Gasteiger charge is 2.20. The number of hydrogen-bond donors (Lipinski definition) is 2. The molecule has 5 heteroatoms. The minimum absolute atomic E-state index is 0.0519. The van der Waals surface area contributed by atoms with Crippen LogP contribution in [0.2, 0.25) is 5.02 Å². The average Bonchev–Trinajstić information content (AvgIpc) is 3.38. The molecule has 0 bridgehead atoms. The maximum atomic E-state index is 12.4. The van der Waals surface area contributed by atoms with Crippen molar-refractivity contribution in [3.8, 4) is 0 Å². The lowest BCUT2D eigenvalue weighted by Crippen LogP contribution is -2.27. The highest BCUT2D eigenvalue weighted by molar-refractivity contribution is 7.10. The molecule has 3 nitrogen and oxygen atoms in total. The fourth-order valence-electron chi connectivity index (χ4n) is 3.33. The Morgan fingerprint density at radius 1 is 1.07 bits per heavy atom. The molecule has 4 rings (SSSR count). The molecule has 4 aromatic rings. The smallest absolute Gasteiger partial charge is 0.244 e. The lowest BCUT2D eigenvalue weighted by Gasteiger charge is -2.19. The Kier molecular flexibility index (Phi) is 5.60. The van der Waals surface area contributed by atoms with Gasteiger partial charge in [-0.25, -0.2) is 0 Å². The maximum absolute atomic E-state index is 12.4. The minimum atomic E-state index is -0.120. The average molecular weight is 407 g/mol. The number of hydrogen-bond acceptors (Lipinski definition) is 2. The van der Waals surface area contributed by atoms with Crippen molar-refractivity contribution in [3.63, 3.8) is 0 Å². The molecule has 1 amide bonds. The van der Waals surface area contributed by atoms with E-state index in [2.05, 4.69) is 16.4 Å². The number of carbonyl (C=O) groups excluding carboxylic acids is 1. The number of benzene rings is 2. The molecule has 2 aromatic heterocycles. The van der Waals surface area contributed by atoms with Crippen LogP contribution >= 0.6 is 22.9 Å². The zero-order chi connectivity index (χ0) is 19.3. The third kappa shape index (κ3) is 4.03. The van der Waals surface area contributed by atoms with Crippen molar-refractivity contribution in [2.45, 2.75) is 5.92 Å². The fraction of sp³-hybridized carbons (Fsp3) is 0.0870. The van der Waals surface area contributed by atoms with Gasteiger partial charge in [0, 0.05) is 45.5 Å². The van der Waals surface area contributed by atoms with Crippen molar-refractivity contribution < 1.29 is 4.79 Å². The van der Waals surface area contributed by atoms with Crippen molar-refractivity contribution >= 4 is 45.8 Å². The van der Waals surface area contributed by atoms with Gasteiger partial charge in [0.2, 0.25) is 5.91 Å². The van der Waals surface area contributed by atoms with Gasteiger partial charge in [-0.1, -0.05) is 54.1 Å². The van der Waals surface area contributed by atoms with Gasteiger partial charge in [0.25, 0.3) is 0 Å². The highest BCUT2D eigenvalue weighted by Crippen LogP contribution is 2.34. The lowest BCUT2D eigenvalue weighted by atomic mass is 9.90. The van der Waals surface area contributed by atoms with Crippen LogP contribution in [0.25, 0.3) is 17.0 Å². The normalized spacial score (nSPS) is 12.5. The highest BCUT2D eigenvalue weighted by atomic mass is 35.5. The number of nitrogens with one attached hydrogen (secondary N) is 2. The summed E-state index contributed by atoms with van der Waals surface area (Å²) in [6.07, 6.45) is 5.41. The summed E-state index contributed by atoms with van der Waals surface area (Å²) < 4.78 is 0. The summed E-state index contributed by atoms with van der Waals surface area (Å²) in [5.41, 5.74) is 3.18. The molecule has 0 aliphatic carbocycles. The first-order chi connectivity index (χ1) is 13.7. The standard InChI is InChI=1S/C23H19ClN2OS/c24-21-9-3-1-7-17(21)19(20-14-25-22-10-4-2-8-18(20)22)15-26-23(27)12-11-16-6-5-13-28-16/h1-14,19,25H,15H2,(H,26,27). The third-order valence-electron chi connectivity index (χ3n) is 4.70. The van der Waals surface area contributed by atoms with E-state index in [-0.39, 0.29) is 11.8 Å².